The Labute approximate surface area is 483 Å². The maximum absolute atomic E-state index is 13.7. The molecular formula is C60H67N13O11. The van der Waals surface area contributed by atoms with Gasteiger partial charge in [0, 0.05) is 77.1 Å². The molecule has 438 valence electrons. The average molecular weight is 1150 g/mol. The van der Waals surface area contributed by atoms with E-state index in [0.717, 1.165) is 57.2 Å². The van der Waals surface area contributed by atoms with Crippen molar-refractivity contribution in [3.63, 3.8) is 0 Å². The van der Waals surface area contributed by atoms with E-state index < -0.39 is 41.3 Å². The molecule has 3 aromatic rings. The van der Waals surface area contributed by atoms with Crippen LogP contribution in [0.4, 0.5) is 11.6 Å². The molecule has 9 rings (SSSR count). The molecule has 1 saturated heterocycles. The van der Waals surface area contributed by atoms with Gasteiger partial charge in [0.05, 0.1) is 86.2 Å². The molecule has 24 heteroatoms. The van der Waals surface area contributed by atoms with E-state index in [4.69, 9.17) is 34.9 Å². The largest absolute Gasteiger partial charge is 0.510 e. The molecule has 1 aromatic carbocycles. The Bertz CT molecular complexity index is 3690. The van der Waals surface area contributed by atoms with Crippen LogP contribution in [0, 0.1) is 17.8 Å². The summed E-state index contributed by atoms with van der Waals surface area (Å²) < 4.78 is 16.6. The number of aromatic amines is 1. The van der Waals surface area contributed by atoms with Gasteiger partial charge in [-0.2, -0.15) is 4.98 Å². The van der Waals surface area contributed by atoms with Gasteiger partial charge in [-0.25, -0.2) is 29.7 Å². The number of amides is 3. The normalized spacial score (nSPS) is 19.1. The Morgan fingerprint density at radius 3 is 2.25 bits per heavy atom. The zero-order valence-electron chi connectivity index (χ0n) is 47.5. The minimum Gasteiger partial charge on any atom is -0.510 e. The maximum atomic E-state index is 13.7. The lowest BCUT2D eigenvalue weighted by molar-refractivity contribution is -0.143. The van der Waals surface area contributed by atoms with Gasteiger partial charge in [0.1, 0.15) is 17.7 Å². The predicted octanol–water partition coefficient (Wildman–Crippen LogP) is 5.17. The number of aliphatic hydroxyl groups is 1. The second kappa shape index (κ2) is 25.8. The summed E-state index contributed by atoms with van der Waals surface area (Å²) in [6.45, 7) is 15.6. The number of aliphatic carboxylic acids is 1. The van der Waals surface area contributed by atoms with Gasteiger partial charge in [-0.1, -0.05) is 26.5 Å². The summed E-state index contributed by atoms with van der Waals surface area (Å²) in [5.74, 6) is -5.04. The van der Waals surface area contributed by atoms with Gasteiger partial charge in [-0.15, -0.1) is 0 Å². The Kier molecular flexibility index (Phi) is 18.2. The first-order valence-corrected chi connectivity index (χ1v) is 27.7. The van der Waals surface area contributed by atoms with Crippen molar-refractivity contribution in [1.29, 1.82) is 0 Å². The lowest BCUT2D eigenvalue weighted by Crippen LogP contribution is -2.41. The predicted molar refractivity (Wildman–Crippen MR) is 314 cm³/mol. The van der Waals surface area contributed by atoms with Gasteiger partial charge in [0.2, 0.25) is 17.8 Å². The van der Waals surface area contributed by atoms with E-state index in [-0.39, 0.29) is 112 Å². The molecule has 8 bridgehead atoms. The molecule has 1 aliphatic carbocycles. The number of rotatable bonds is 24. The topological polar surface area (TPSA) is 348 Å². The van der Waals surface area contributed by atoms with E-state index >= 15 is 0 Å². The van der Waals surface area contributed by atoms with E-state index in [1.54, 1.807) is 18.2 Å². The Hall–Kier alpha value is -9.42. The van der Waals surface area contributed by atoms with Crippen molar-refractivity contribution in [3.8, 4) is 0 Å². The van der Waals surface area contributed by atoms with Crippen molar-refractivity contribution >= 4 is 69.6 Å². The molecule has 4 atom stereocenters. The molecule has 1 fully saturated rings. The highest BCUT2D eigenvalue weighted by Crippen LogP contribution is 2.49. The standard InChI is InChI=1S/C60H67N13O11/c1-8-36-29(3)40-24-42-31(5)38(51(69-42)49-50(59(81)82-7)54(76)48-32(6)43(70-52(48)49)26-45-37(9-2)30(4)41(68-45)25-44(36)67-40)14-16-46(74)62-18-20-83-22-23-84-21-19-63-47(75)17-15-39(58(79)80)71-56(77)33-10-12-34(13-11-33)64-27-35-28-65-55-53(66-35)57(78)73-60(61)72-55/h8,10-13,24-26,28,31,38-39,50,64,69,76H,1,9,14-23,27H2,2-7H3,(H,62,74)(H,63,75)(H,71,77)(H,79,80)(H3,61,65,72,73,78)/t31-,38-,39?,50+/m0/s1. The summed E-state index contributed by atoms with van der Waals surface area (Å²) in [5.41, 5.74) is 17.7. The summed E-state index contributed by atoms with van der Waals surface area (Å²) in [5, 5.41) is 36.5. The number of carbonyl (C=O) groups excluding carboxylic acids is 4. The number of H-pyrrole nitrogens is 1. The van der Waals surface area contributed by atoms with Crippen molar-refractivity contribution in [2.24, 2.45) is 32.7 Å². The average Bonchev–Trinajstić information content (AvgIpc) is 3.75. The molecule has 7 heterocycles. The summed E-state index contributed by atoms with van der Waals surface area (Å²) >= 11 is 0. The second-order valence-electron chi connectivity index (χ2n) is 20.7. The highest BCUT2D eigenvalue weighted by molar-refractivity contribution is 6.24. The molecule has 0 saturated carbocycles. The summed E-state index contributed by atoms with van der Waals surface area (Å²) in [4.78, 5) is 107. The minimum atomic E-state index is -1.33. The third-order valence-electron chi connectivity index (χ3n) is 15.4. The molecular weight excluding hydrogens is 1080 g/mol. The Balaban J connectivity index is 0.719. The van der Waals surface area contributed by atoms with Gasteiger partial charge in [0.25, 0.3) is 11.5 Å². The number of methoxy groups -OCH3 is 1. The van der Waals surface area contributed by atoms with Crippen LogP contribution in [0.25, 0.3) is 11.2 Å². The van der Waals surface area contributed by atoms with Gasteiger partial charge in [-0.05, 0) is 105 Å². The number of carboxylic acids is 1. The van der Waals surface area contributed by atoms with Crippen LogP contribution in [0.1, 0.15) is 82.8 Å². The number of nitrogens with two attached hydrogens (primary N) is 1. The van der Waals surface area contributed by atoms with E-state index in [1.807, 2.05) is 32.1 Å². The molecule has 3 amide bonds. The number of esters is 1. The second-order valence-corrected chi connectivity index (χ2v) is 20.7. The number of fused-ring (bicyclic) bond motifs is 6. The van der Waals surface area contributed by atoms with Crippen molar-refractivity contribution in [1.82, 2.24) is 41.2 Å². The van der Waals surface area contributed by atoms with Crippen molar-refractivity contribution in [3.05, 3.63) is 156 Å². The molecule has 1 unspecified atom stereocenters. The molecule has 10 N–H and O–H groups in total. The van der Waals surface area contributed by atoms with Gasteiger partial charge < -0.3 is 56.7 Å². The van der Waals surface area contributed by atoms with E-state index in [1.165, 1.54) is 25.4 Å². The monoisotopic (exact) mass is 1150 g/mol. The fourth-order valence-electron chi connectivity index (χ4n) is 10.8. The Morgan fingerprint density at radius 2 is 1.57 bits per heavy atom. The number of allylic oxidation sites excluding steroid dienone is 11. The SMILES string of the molecule is C=CC1=C(C)C2=NC1=CC1=NC(=CC3=C(C)C4=C(O)[C@H](C(=O)OC)C(=C5NC(=C2)[C@@H](C)[C@@H]5CCC(=O)NCCOCCOCCNC(=O)CCC(NC(=O)c2ccc(NCc5cnc6nc(N)[nH]c(=O)c6n5)cc2)C(=O)O)C4=N3)C(CC)=C1C. The van der Waals surface area contributed by atoms with Crippen LogP contribution in [0.5, 0.6) is 0 Å². The number of aliphatic hydroxyl groups excluding tert-OH is 1. The zero-order chi connectivity index (χ0) is 59.9. The van der Waals surface area contributed by atoms with Crippen LogP contribution >= 0.6 is 0 Å². The summed E-state index contributed by atoms with van der Waals surface area (Å²) in [6, 6.07) is 4.93. The first-order chi connectivity index (χ1) is 40.4. The number of aliphatic imine (C=N–C) groups is 3. The fourth-order valence-corrected chi connectivity index (χ4v) is 10.8. The van der Waals surface area contributed by atoms with Crippen molar-refractivity contribution in [2.75, 3.05) is 57.7 Å². The number of carbonyl (C=O) groups is 5. The van der Waals surface area contributed by atoms with Crippen LogP contribution in [0.15, 0.2) is 154 Å². The lowest BCUT2D eigenvalue weighted by atomic mass is 9.84. The molecule has 0 radical (unpaired) electrons. The summed E-state index contributed by atoms with van der Waals surface area (Å²) in [7, 11) is 1.29. The first kappa shape index (κ1) is 59.2. The number of nitrogen functional groups attached to an aromatic ring is 1. The lowest BCUT2D eigenvalue weighted by Gasteiger charge is -2.20. The van der Waals surface area contributed by atoms with Crippen LogP contribution in [-0.4, -0.2) is 130 Å². The minimum absolute atomic E-state index is 0.0393. The smallest absolute Gasteiger partial charge is 0.326 e. The van der Waals surface area contributed by atoms with Crippen molar-refractivity contribution in [2.45, 2.75) is 79.3 Å². The number of hydrogen-bond acceptors (Lipinski definition) is 19. The zero-order valence-corrected chi connectivity index (χ0v) is 47.5. The molecule has 5 aliphatic heterocycles. The van der Waals surface area contributed by atoms with E-state index in [2.05, 4.69) is 73.9 Å². The van der Waals surface area contributed by atoms with Crippen LogP contribution in [-0.2, 0) is 39.9 Å². The molecule has 24 nitrogen and oxygen atoms in total. The fraction of sp³-hybridized carbons (Fsp3) is 0.367. The number of nitrogens with zero attached hydrogens (tertiary/aromatic N) is 6. The van der Waals surface area contributed by atoms with Crippen molar-refractivity contribution < 1.29 is 48.4 Å². The third-order valence-corrected chi connectivity index (χ3v) is 15.4. The quantitative estimate of drug-likeness (QED) is 0.0412. The summed E-state index contributed by atoms with van der Waals surface area (Å²) in [6.07, 6.45) is 10.1. The van der Waals surface area contributed by atoms with E-state index in [9.17, 15) is 39.0 Å². The Morgan fingerprint density at radius 1 is 0.881 bits per heavy atom. The van der Waals surface area contributed by atoms with Gasteiger partial charge in [-0.3, -0.25) is 29.0 Å². The molecule has 0 spiro atoms. The van der Waals surface area contributed by atoms with E-state index in [0.29, 0.717) is 51.6 Å². The number of hydrogen-bond donors (Lipinski definition) is 9. The van der Waals surface area contributed by atoms with Crippen LogP contribution in [0.2, 0.25) is 0 Å². The number of benzene rings is 1. The van der Waals surface area contributed by atoms with Crippen LogP contribution < -0.4 is 37.9 Å². The van der Waals surface area contributed by atoms with Gasteiger partial charge in [0.15, 0.2) is 11.2 Å². The number of nitrogens with one attached hydrogen (secondary N) is 6. The molecule has 6 aliphatic rings. The van der Waals surface area contributed by atoms with Crippen LogP contribution in [0.3, 0.4) is 0 Å². The first-order valence-electron chi connectivity index (χ1n) is 27.7. The number of carboxylic acid groups (broad SMARTS) is 1. The maximum Gasteiger partial charge on any atom is 0.326 e. The third kappa shape index (κ3) is 12.6. The number of anilines is 2. The number of aromatic nitrogens is 4. The highest BCUT2D eigenvalue weighted by Gasteiger charge is 2.49. The number of ether oxygens (including phenoxy) is 3. The van der Waals surface area contributed by atoms with Gasteiger partial charge >= 0.3 is 11.9 Å². The molecule has 2 aromatic heterocycles. The molecule has 84 heavy (non-hydrogen) atoms. The highest BCUT2D eigenvalue weighted by atomic mass is 16.5.